The molecule has 0 radical (unpaired) electrons. The van der Waals surface area contributed by atoms with E-state index in [-0.39, 0.29) is 23.9 Å². The summed E-state index contributed by atoms with van der Waals surface area (Å²) in [7, 11) is 0. The van der Waals surface area contributed by atoms with Crippen molar-refractivity contribution in [2.24, 2.45) is 17.8 Å². The van der Waals surface area contributed by atoms with Crippen molar-refractivity contribution in [3.8, 4) is 0 Å². The minimum atomic E-state index is -0.728. The summed E-state index contributed by atoms with van der Waals surface area (Å²) in [4.78, 5) is 23.6. The standard InChI is InChI=1S/C23H42O4/c1-4-5-6-7-8-9-10-11-12-21(17-18(2)3)27-23(26)20-15-13-19(14-16-20)22(24)25/h18-21H,4-17H2,1-3H3,(H,24,25). The topological polar surface area (TPSA) is 63.6 Å². The predicted octanol–water partition coefficient (Wildman–Crippen LogP) is 6.37. The van der Waals surface area contributed by atoms with Crippen molar-refractivity contribution in [1.29, 1.82) is 0 Å². The number of hydrogen-bond donors (Lipinski definition) is 1. The summed E-state index contributed by atoms with van der Waals surface area (Å²) in [5.41, 5.74) is 0. The van der Waals surface area contributed by atoms with Gasteiger partial charge in [0.1, 0.15) is 6.10 Å². The lowest BCUT2D eigenvalue weighted by Gasteiger charge is -2.27. The molecule has 4 nitrogen and oxygen atoms in total. The summed E-state index contributed by atoms with van der Waals surface area (Å²) in [5, 5.41) is 9.09. The van der Waals surface area contributed by atoms with E-state index >= 15 is 0 Å². The zero-order chi connectivity index (χ0) is 20.1. The first kappa shape index (κ1) is 24.0. The van der Waals surface area contributed by atoms with E-state index in [4.69, 9.17) is 9.84 Å². The zero-order valence-electron chi connectivity index (χ0n) is 17.9. The van der Waals surface area contributed by atoms with Gasteiger partial charge in [0.15, 0.2) is 0 Å². The van der Waals surface area contributed by atoms with Crippen LogP contribution in [0.4, 0.5) is 0 Å². The molecule has 4 heteroatoms. The van der Waals surface area contributed by atoms with Crippen LogP contribution in [0.15, 0.2) is 0 Å². The first-order chi connectivity index (χ1) is 12.9. The van der Waals surface area contributed by atoms with Gasteiger partial charge in [-0.1, -0.05) is 65.7 Å². The highest BCUT2D eigenvalue weighted by molar-refractivity contribution is 5.74. The van der Waals surface area contributed by atoms with Crippen LogP contribution in [0.5, 0.6) is 0 Å². The summed E-state index contributed by atoms with van der Waals surface area (Å²) >= 11 is 0. The van der Waals surface area contributed by atoms with Crippen molar-refractivity contribution < 1.29 is 19.4 Å². The molecule has 0 bridgehead atoms. The predicted molar refractivity (Wildman–Crippen MR) is 110 cm³/mol. The lowest BCUT2D eigenvalue weighted by atomic mass is 9.82. The van der Waals surface area contributed by atoms with E-state index in [0.29, 0.717) is 31.6 Å². The van der Waals surface area contributed by atoms with Crippen LogP contribution >= 0.6 is 0 Å². The molecule has 0 aromatic heterocycles. The molecule has 1 N–H and O–H groups in total. The Balaban J connectivity index is 2.28. The van der Waals surface area contributed by atoms with Gasteiger partial charge >= 0.3 is 11.9 Å². The molecule has 0 aromatic rings. The Bertz CT molecular complexity index is 411. The Morgan fingerprint density at radius 3 is 1.93 bits per heavy atom. The summed E-state index contributed by atoms with van der Waals surface area (Å²) in [5.74, 6) is -0.690. The van der Waals surface area contributed by atoms with E-state index in [1.807, 2.05) is 0 Å². The maximum Gasteiger partial charge on any atom is 0.309 e. The van der Waals surface area contributed by atoms with Crippen molar-refractivity contribution in [1.82, 2.24) is 0 Å². The molecule has 1 saturated carbocycles. The average molecular weight is 383 g/mol. The van der Waals surface area contributed by atoms with Crippen LogP contribution in [0.2, 0.25) is 0 Å². The summed E-state index contributed by atoms with van der Waals surface area (Å²) < 4.78 is 5.87. The van der Waals surface area contributed by atoms with Gasteiger partial charge in [-0.25, -0.2) is 0 Å². The van der Waals surface area contributed by atoms with Gasteiger partial charge in [-0.05, 0) is 50.9 Å². The van der Waals surface area contributed by atoms with Crippen LogP contribution in [0, 0.1) is 17.8 Å². The van der Waals surface area contributed by atoms with Gasteiger partial charge in [-0.3, -0.25) is 9.59 Å². The highest BCUT2D eigenvalue weighted by Gasteiger charge is 2.31. The molecule has 0 aliphatic heterocycles. The van der Waals surface area contributed by atoms with Gasteiger partial charge in [-0.2, -0.15) is 0 Å². The number of carbonyl (C=O) groups is 2. The number of hydrogen-bond acceptors (Lipinski definition) is 3. The molecule has 1 rings (SSSR count). The fraction of sp³-hybridized carbons (Fsp3) is 0.913. The highest BCUT2D eigenvalue weighted by atomic mass is 16.5. The normalized spacial score (nSPS) is 21.2. The molecule has 1 fully saturated rings. The number of ether oxygens (including phenoxy) is 1. The zero-order valence-corrected chi connectivity index (χ0v) is 17.9. The van der Waals surface area contributed by atoms with Gasteiger partial charge in [0.25, 0.3) is 0 Å². The van der Waals surface area contributed by atoms with Crippen molar-refractivity contribution in [2.45, 2.75) is 117 Å². The molecule has 0 heterocycles. The Labute approximate surface area is 166 Å². The van der Waals surface area contributed by atoms with E-state index in [1.54, 1.807) is 0 Å². The molecule has 27 heavy (non-hydrogen) atoms. The number of carbonyl (C=O) groups excluding carboxylic acids is 1. The van der Waals surface area contributed by atoms with E-state index < -0.39 is 5.97 Å². The smallest absolute Gasteiger partial charge is 0.309 e. The van der Waals surface area contributed by atoms with Crippen LogP contribution in [0.25, 0.3) is 0 Å². The fourth-order valence-electron chi connectivity index (χ4n) is 4.09. The highest BCUT2D eigenvalue weighted by Crippen LogP contribution is 2.30. The quantitative estimate of drug-likeness (QED) is 0.280. The molecule has 158 valence electrons. The van der Waals surface area contributed by atoms with Crippen molar-refractivity contribution in [3.63, 3.8) is 0 Å². The van der Waals surface area contributed by atoms with Gasteiger partial charge < -0.3 is 9.84 Å². The maximum absolute atomic E-state index is 12.5. The van der Waals surface area contributed by atoms with Crippen LogP contribution in [0.1, 0.15) is 111 Å². The second-order valence-electron chi connectivity index (χ2n) is 8.84. The number of esters is 1. The van der Waals surface area contributed by atoms with E-state index in [9.17, 15) is 9.59 Å². The molecule has 1 unspecified atom stereocenters. The monoisotopic (exact) mass is 382 g/mol. The number of aliphatic carboxylic acids is 1. The van der Waals surface area contributed by atoms with Crippen LogP contribution in [-0.4, -0.2) is 23.1 Å². The van der Waals surface area contributed by atoms with Crippen LogP contribution in [-0.2, 0) is 14.3 Å². The van der Waals surface area contributed by atoms with Gasteiger partial charge in [0, 0.05) is 0 Å². The maximum atomic E-state index is 12.5. The third-order valence-corrected chi connectivity index (χ3v) is 5.81. The molecule has 1 aliphatic rings. The largest absolute Gasteiger partial charge is 0.481 e. The molecule has 0 saturated heterocycles. The lowest BCUT2D eigenvalue weighted by molar-refractivity contribution is -0.158. The minimum absolute atomic E-state index is 0.0230. The Kier molecular flexibility index (Phi) is 12.4. The molecule has 1 atom stereocenters. The molecule has 0 spiro atoms. The van der Waals surface area contributed by atoms with Crippen molar-refractivity contribution in [3.05, 3.63) is 0 Å². The van der Waals surface area contributed by atoms with E-state index in [0.717, 1.165) is 19.3 Å². The molecule has 0 amide bonds. The third kappa shape index (κ3) is 10.8. The average Bonchev–Trinajstić information content (AvgIpc) is 2.63. The Hall–Kier alpha value is -1.06. The van der Waals surface area contributed by atoms with Gasteiger partial charge in [-0.15, -0.1) is 0 Å². The van der Waals surface area contributed by atoms with Crippen LogP contribution < -0.4 is 0 Å². The first-order valence-electron chi connectivity index (χ1n) is 11.4. The third-order valence-electron chi connectivity index (χ3n) is 5.81. The first-order valence-corrected chi connectivity index (χ1v) is 11.4. The molecular formula is C23H42O4. The molecular weight excluding hydrogens is 340 g/mol. The number of carboxylic acids is 1. The van der Waals surface area contributed by atoms with E-state index in [1.165, 1.54) is 44.9 Å². The number of unbranched alkanes of at least 4 members (excludes halogenated alkanes) is 7. The molecule has 1 aliphatic carbocycles. The second-order valence-corrected chi connectivity index (χ2v) is 8.84. The van der Waals surface area contributed by atoms with Gasteiger partial charge in [0.2, 0.25) is 0 Å². The second kappa shape index (κ2) is 14.0. The van der Waals surface area contributed by atoms with Gasteiger partial charge in [0.05, 0.1) is 11.8 Å². The summed E-state index contributed by atoms with van der Waals surface area (Å²) in [6.07, 6.45) is 14.7. The Morgan fingerprint density at radius 1 is 0.889 bits per heavy atom. The summed E-state index contributed by atoms with van der Waals surface area (Å²) in [6, 6.07) is 0. The lowest BCUT2D eigenvalue weighted by Crippen LogP contribution is -2.30. The van der Waals surface area contributed by atoms with Crippen molar-refractivity contribution >= 4 is 11.9 Å². The number of carboxylic acid groups (broad SMARTS) is 1. The molecule has 0 aromatic carbocycles. The summed E-state index contributed by atoms with van der Waals surface area (Å²) in [6.45, 7) is 6.59. The Morgan fingerprint density at radius 2 is 1.41 bits per heavy atom. The minimum Gasteiger partial charge on any atom is -0.481 e. The van der Waals surface area contributed by atoms with Crippen LogP contribution in [0.3, 0.4) is 0 Å². The van der Waals surface area contributed by atoms with Crippen molar-refractivity contribution in [2.75, 3.05) is 0 Å². The van der Waals surface area contributed by atoms with E-state index in [2.05, 4.69) is 20.8 Å². The number of rotatable bonds is 14. The fourth-order valence-corrected chi connectivity index (χ4v) is 4.09. The SMILES string of the molecule is CCCCCCCCCCC(CC(C)C)OC(=O)C1CCC(C(=O)O)CC1.